The van der Waals surface area contributed by atoms with Crippen molar-refractivity contribution in [3.8, 4) is 17.6 Å². The molecule has 0 aliphatic carbocycles. The van der Waals surface area contributed by atoms with E-state index >= 15 is 0 Å². The maximum absolute atomic E-state index is 12.6. The van der Waals surface area contributed by atoms with Crippen LogP contribution in [0.15, 0.2) is 97.5 Å². The number of carbonyl (C=O) groups excluding carboxylic acids is 1. The summed E-state index contributed by atoms with van der Waals surface area (Å²) < 4.78 is 5.73. The van der Waals surface area contributed by atoms with Crippen LogP contribution in [0, 0.1) is 11.8 Å². The first-order valence-electron chi connectivity index (χ1n) is 9.72. The predicted octanol–water partition coefficient (Wildman–Crippen LogP) is 4.71. The Morgan fingerprint density at radius 1 is 0.903 bits per heavy atom. The Morgan fingerprint density at radius 2 is 1.81 bits per heavy atom. The number of pyridine rings is 2. The maximum Gasteiger partial charge on any atom is 0.255 e. The summed E-state index contributed by atoms with van der Waals surface area (Å²) in [5, 5.41) is 2.90. The van der Waals surface area contributed by atoms with Crippen LogP contribution in [0.25, 0.3) is 0 Å². The van der Waals surface area contributed by atoms with Gasteiger partial charge in [0.25, 0.3) is 5.91 Å². The van der Waals surface area contributed by atoms with Gasteiger partial charge in [0.05, 0.1) is 0 Å². The lowest BCUT2D eigenvalue weighted by Gasteiger charge is -2.08. The van der Waals surface area contributed by atoms with E-state index in [2.05, 4.69) is 27.1 Å². The lowest BCUT2D eigenvalue weighted by atomic mass is 10.1. The summed E-state index contributed by atoms with van der Waals surface area (Å²) in [6.45, 7) is 0.422. The molecule has 150 valence electrons. The van der Waals surface area contributed by atoms with Crippen molar-refractivity contribution in [3.63, 3.8) is 0 Å². The van der Waals surface area contributed by atoms with Crippen molar-refractivity contribution in [2.75, 3.05) is 5.32 Å². The number of nitrogens with one attached hydrogen (secondary N) is 1. The van der Waals surface area contributed by atoms with Gasteiger partial charge in [-0.15, -0.1) is 0 Å². The Balaban J connectivity index is 1.37. The molecular formula is C26H19N3O2. The molecule has 4 rings (SSSR count). The lowest BCUT2D eigenvalue weighted by molar-refractivity contribution is 0.102. The van der Waals surface area contributed by atoms with Crippen LogP contribution in [0.3, 0.4) is 0 Å². The van der Waals surface area contributed by atoms with E-state index in [1.807, 2.05) is 54.6 Å². The van der Waals surface area contributed by atoms with Gasteiger partial charge in [-0.1, -0.05) is 24.1 Å². The van der Waals surface area contributed by atoms with E-state index in [4.69, 9.17) is 4.74 Å². The van der Waals surface area contributed by atoms with Crippen molar-refractivity contribution in [2.24, 2.45) is 0 Å². The number of anilines is 1. The number of hydrogen-bond acceptors (Lipinski definition) is 4. The molecule has 0 saturated carbocycles. The molecule has 0 radical (unpaired) electrons. The Kier molecular flexibility index (Phi) is 6.32. The highest BCUT2D eigenvalue weighted by Gasteiger charge is 2.07. The van der Waals surface area contributed by atoms with Gasteiger partial charge in [0.15, 0.2) is 0 Å². The zero-order chi connectivity index (χ0) is 21.3. The summed E-state index contributed by atoms with van der Waals surface area (Å²) in [4.78, 5) is 20.8. The highest BCUT2D eigenvalue weighted by atomic mass is 16.5. The topological polar surface area (TPSA) is 64.1 Å². The van der Waals surface area contributed by atoms with Crippen LogP contribution in [-0.4, -0.2) is 15.9 Å². The van der Waals surface area contributed by atoms with E-state index in [0.717, 1.165) is 11.1 Å². The van der Waals surface area contributed by atoms with Gasteiger partial charge in [-0.25, -0.2) is 4.98 Å². The largest absolute Gasteiger partial charge is 0.489 e. The molecule has 31 heavy (non-hydrogen) atoms. The molecule has 1 N–H and O–H groups in total. The van der Waals surface area contributed by atoms with Gasteiger partial charge >= 0.3 is 0 Å². The summed E-state index contributed by atoms with van der Waals surface area (Å²) >= 11 is 0. The van der Waals surface area contributed by atoms with Crippen molar-refractivity contribution in [1.82, 2.24) is 9.97 Å². The third-order valence-electron chi connectivity index (χ3n) is 4.37. The number of ether oxygens (including phenoxy) is 1. The fraction of sp³-hybridized carbons (Fsp3) is 0.0385. The number of benzene rings is 2. The lowest BCUT2D eigenvalue weighted by Crippen LogP contribution is -2.11. The van der Waals surface area contributed by atoms with E-state index in [0.29, 0.717) is 29.3 Å². The molecule has 0 bridgehead atoms. The van der Waals surface area contributed by atoms with E-state index in [9.17, 15) is 4.79 Å². The molecule has 0 spiro atoms. The van der Waals surface area contributed by atoms with Crippen LogP contribution >= 0.6 is 0 Å². The highest BCUT2D eigenvalue weighted by molar-refractivity contribution is 6.04. The molecule has 5 heteroatoms. The summed E-state index contributed by atoms with van der Waals surface area (Å²) in [5.74, 6) is 6.56. The minimum absolute atomic E-state index is 0.200. The third-order valence-corrected chi connectivity index (χ3v) is 4.37. The van der Waals surface area contributed by atoms with Crippen LogP contribution < -0.4 is 10.1 Å². The number of amides is 1. The standard InChI is InChI=1S/C26H19N3O2/c30-26(22-10-13-25(14-11-22)31-19-21-6-4-15-27-18-21)29-24-8-3-5-20(17-24)9-12-23-7-1-2-16-28-23/h1-8,10-11,13-18H,19H2,(H,29,30). The molecule has 0 unspecified atom stereocenters. The molecule has 1 amide bonds. The molecule has 2 aromatic heterocycles. The van der Waals surface area contributed by atoms with Crippen LogP contribution in [0.4, 0.5) is 5.69 Å². The number of hydrogen-bond donors (Lipinski definition) is 1. The Morgan fingerprint density at radius 3 is 2.58 bits per heavy atom. The quantitative estimate of drug-likeness (QED) is 0.489. The Bertz CT molecular complexity index is 1210. The summed E-state index contributed by atoms with van der Waals surface area (Å²) in [6, 6.07) is 23.8. The zero-order valence-electron chi connectivity index (χ0n) is 16.7. The predicted molar refractivity (Wildman–Crippen MR) is 120 cm³/mol. The van der Waals surface area contributed by atoms with Gasteiger partial charge in [0.1, 0.15) is 18.1 Å². The molecule has 0 aliphatic heterocycles. The van der Waals surface area contributed by atoms with Crippen LogP contribution in [0.2, 0.25) is 0 Å². The van der Waals surface area contributed by atoms with E-state index in [1.165, 1.54) is 0 Å². The second kappa shape index (κ2) is 9.86. The first kappa shape index (κ1) is 19.9. The molecule has 2 heterocycles. The number of rotatable bonds is 5. The first-order valence-corrected chi connectivity index (χ1v) is 9.72. The van der Waals surface area contributed by atoms with Crippen molar-refractivity contribution >= 4 is 11.6 Å². The first-order chi connectivity index (χ1) is 15.3. The highest BCUT2D eigenvalue weighted by Crippen LogP contribution is 2.16. The monoisotopic (exact) mass is 405 g/mol. The van der Waals surface area contributed by atoms with Gasteiger partial charge in [-0.05, 0) is 66.6 Å². The third kappa shape index (κ3) is 5.78. The average Bonchev–Trinajstić information content (AvgIpc) is 2.83. The molecule has 0 aliphatic rings. The average molecular weight is 405 g/mol. The van der Waals surface area contributed by atoms with Crippen molar-refractivity contribution < 1.29 is 9.53 Å². The zero-order valence-corrected chi connectivity index (χ0v) is 16.7. The minimum atomic E-state index is -0.200. The molecular weight excluding hydrogens is 386 g/mol. The van der Waals surface area contributed by atoms with Crippen LogP contribution in [-0.2, 0) is 6.61 Å². The van der Waals surface area contributed by atoms with Crippen molar-refractivity contribution in [3.05, 3.63) is 120 Å². The normalized spacial score (nSPS) is 9.94. The molecule has 0 atom stereocenters. The van der Waals surface area contributed by atoms with E-state index in [-0.39, 0.29) is 5.91 Å². The molecule has 2 aromatic carbocycles. The SMILES string of the molecule is O=C(Nc1cccc(C#Cc2ccccn2)c1)c1ccc(OCc2cccnc2)cc1. The van der Waals surface area contributed by atoms with Crippen LogP contribution in [0.1, 0.15) is 27.2 Å². The fourth-order valence-electron chi connectivity index (χ4n) is 2.80. The summed E-state index contributed by atoms with van der Waals surface area (Å²) in [7, 11) is 0. The van der Waals surface area contributed by atoms with Gasteiger partial charge < -0.3 is 10.1 Å². The van der Waals surface area contributed by atoms with Gasteiger partial charge in [-0.3, -0.25) is 9.78 Å². The fourth-order valence-corrected chi connectivity index (χ4v) is 2.80. The van der Waals surface area contributed by atoms with E-state index in [1.54, 1.807) is 42.9 Å². The molecule has 5 nitrogen and oxygen atoms in total. The molecule has 0 fully saturated rings. The molecule has 4 aromatic rings. The number of nitrogens with zero attached hydrogens (tertiary/aromatic N) is 2. The van der Waals surface area contributed by atoms with Gasteiger partial charge in [0.2, 0.25) is 0 Å². The second-order valence-corrected chi connectivity index (χ2v) is 6.67. The second-order valence-electron chi connectivity index (χ2n) is 6.67. The number of aromatic nitrogens is 2. The van der Waals surface area contributed by atoms with Crippen molar-refractivity contribution in [1.29, 1.82) is 0 Å². The summed E-state index contributed by atoms with van der Waals surface area (Å²) in [6.07, 6.45) is 5.19. The van der Waals surface area contributed by atoms with Gasteiger partial charge in [-0.2, -0.15) is 0 Å². The smallest absolute Gasteiger partial charge is 0.255 e. The molecule has 0 saturated heterocycles. The van der Waals surface area contributed by atoms with Crippen LogP contribution in [0.5, 0.6) is 5.75 Å². The van der Waals surface area contributed by atoms with E-state index < -0.39 is 0 Å². The van der Waals surface area contributed by atoms with Gasteiger partial charge in [0, 0.05) is 41.0 Å². The maximum atomic E-state index is 12.6. The Hall–Kier alpha value is -4.43. The summed E-state index contributed by atoms with van der Waals surface area (Å²) in [5.41, 5.74) is 3.69. The number of carbonyl (C=O) groups is 1. The van der Waals surface area contributed by atoms with Crippen molar-refractivity contribution in [2.45, 2.75) is 6.61 Å². The minimum Gasteiger partial charge on any atom is -0.489 e. The Labute approximate surface area is 180 Å².